The standard InChI is InChI=1S/C20H25BrN2O4/c1-13-9-16(4-5-17(13)21)23-12-15(10-18(23)24)19(25)22-6-2-3-14(11-22)20-26-7-8-27-20/h4-5,9,14-15,20H,2-3,6-8,10-12H2,1H3/t14-,15-/m0/s1. The highest BCUT2D eigenvalue weighted by molar-refractivity contribution is 9.10. The fourth-order valence-electron chi connectivity index (χ4n) is 4.26. The number of piperidine rings is 1. The fourth-order valence-corrected chi connectivity index (χ4v) is 4.51. The first-order chi connectivity index (χ1) is 13.0. The van der Waals surface area contributed by atoms with Gasteiger partial charge in [0.05, 0.1) is 19.1 Å². The summed E-state index contributed by atoms with van der Waals surface area (Å²) in [6.45, 7) is 5.13. The van der Waals surface area contributed by atoms with Crippen molar-refractivity contribution in [2.24, 2.45) is 11.8 Å². The van der Waals surface area contributed by atoms with Crippen molar-refractivity contribution in [3.63, 3.8) is 0 Å². The van der Waals surface area contributed by atoms with Crippen LogP contribution in [0.1, 0.15) is 24.8 Å². The Morgan fingerprint density at radius 1 is 1.22 bits per heavy atom. The van der Waals surface area contributed by atoms with Gasteiger partial charge in [-0.05, 0) is 43.5 Å². The van der Waals surface area contributed by atoms with E-state index < -0.39 is 0 Å². The van der Waals surface area contributed by atoms with Gasteiger partial charge in [0, 0.05) is 42.1 Å². The highest BCUT2D eigenvalue weighted by atomic mass is 79.9. The second kappa shape index (κ2) is 7.89. The van der Waals surface area contributed by atoms with Gasteiger partial charge in [0.15, 0.2) is 6.29 Å². The number of likely N-dealkylation sites (tertiary alicyclic amines) is 1. The van der Waals surface area contributed by atoms with Crippen LogP contribution in [0.25, 0.3) is 0 Å². The van der Waals surface area contributed by atoms with Crippen LogP contribution in [0.4, 0.5) is 5.69 Å². The van der Waals surface area contributed by atoms with Gasteiger partial charge in [-0.3, -0.25) is 9.59 Å². The molecule has 3 saturated heterocycles. The number of carbonyl (C=O) groups is 2. The number of hydrogen-bond donors (Lipinski definition) is 0. The van der Waals surface area contributed by atoms with E-state index in [1.54, 1.807) is 4.90 Å². The van der Waals surface area contributed by atoms with Crippen LogP contribution in [0.3, 0.4) is 0 Å². The van der Waals surface area contributed by atoms with E-state index in [2.05, 4.69) is 15.9 Å². The number of rotatable bonds is 3. The van der Waals surface area contributed by atoms with E-state index in [1.165, 1.54) is 0 Å². The molecule has 3 aliphatic heterocycles. The molecule has 0 spiro atoms. The summed E-state index contributed by atoms with van der Waals surface area (Å²) in [5.41, 5.74) is 1.94. The minimum atomic E-state index is -0.273. The molecule has 3 heterocycles. The van der Waals surface area contributed by atoms with Crippen LogP contribution in [0.5, 0.6) is 0 Å². The van der Waals surface area contributed by atoms with Gasteiger partial charge >= 0.3 is 0 Å². The molecule has 0 radical (unpaired) electrons. The highest BCUT2D eigenvalue weighted by Gasteiger charge is 2.40. The maximum absolute atomic E-state index is 13.1. The van der Waals surface area contributed by atoms with E-state index in [4.69, 9.17) is 9.47 Å². The average Bonchev–Trinajstić information content (AvgIpc) is 3.33. The molecule has 0 bridgehead atoms. The van der Waals surface area contributed by atoms with Crippen LogP contribution in [-0.4, -0.2) is 55.9 Å². The summed E-state index contributed by atoms with van der Waals surface area (Å²) >= 11 is 3.49. The Bertz CT molecular complexity index is 735. The van der Waals surface area contributed by atoms with Crippen LogP contribution in [0.15, 0.2) is 22.7 Å². The molecule has 0 N–H and O–H groups in total. The molecule has 3 fully saturated rings. The lowest BCUT2D eigenvalue weighted by atomic mass is 9.95. The smallest absolute Gasteiger partial charge is 0.228 e. The van der Waals surface area contributed by atoms with Crippen LogP contribution >= 0.6 is 15.9 Å². The Hall–Kier alpha value is -1.44. The average molecular weight is 437 g/mol. The van der Waals surface area contributed by atoms with E-state index >= 15 is 0 Å². The molecule has 7 heteroatoms. The van der Waals surface area contributed by atoms with Gasteiger partial charge in [-0.25, -0.2) is 0 Å². The monoisotopic (exact) mass is 436 g/mol. The van der Waals surface area contributed by atoms with Gasteiger partial charge in [-0.2, -0.15) is 0 Å². The largest absolute Gasteiger partial charge is 0.350 e. The van der Waals surface area contributed by atoms with Crippen LogP contribution < -0.4 is 4.90 Å². The number of nitrogens with zero attached hydrogens (tertiary/aromatic N) is 2. The van der Waals surface area contributed by atoms with Crippen molar-refractivity contribution < 1.29 is 19.1 Å². The summed E-state index contributed by atoms with van der Waals surface area (Å²) in [6, 6.07) is 5.86. The Kier molecular flexibility index (Phi) is 5.53. The molecule has 3 aliphatic rings. The molecule has 0 saturated carbocycles. The molecule has 0 aliphatic carbocycles. The molecule has 1 aromatic rings. The Balaban J connectivity index is 1.41. The molecule has 0 unspecified atom stereocenters. The number of halogens is 1. The molecule has 27 heavy (non-hydrogen) atoms. The molecule has 0 aromatic heterocycles. The topological polar surface area (TPSA) is 59.1 Å². The van der Waals surface area contributed by atoms with Gasteiger partial charge in [0.1, 0.15) is 0 Å². The third-order valence-corrected chi connectivity index (χ3v) is 6.62. The lowest BCUT2D eigenvalue weighted by Crippen LogP contribution is -2.46. The van der Waals surface area contributed by atoms with E-state index in [-0.39, 0.29) is 36.4 Å². The van der Waals surface area contributed by atoms with Crippen LogP contribution in [0, 0.1) is 18.8 Å². The molecule has 4 rings (SSSR count). The Morgan fingerprint density at radius 2 is 2.00 bits per heavy atom. The highest BCUT2D eigenvalue weighted by Crippen LogP contribution is 2.31. The predicted molar refractivity (Wildman–Crippen MR) is 104 cm³/mol. The van der Waals surface area contributed by atoms with Crippen molar-refractivity contribution >= 4 is 33.4 Å². The molecular formula is C20H25BrN2O4. The molecule has 6 nitrogen and oxygen atoms in total. The first-order valence-corrected chi connectivity index (χ1v) is 10.4. The minimum absolute atomic E-state index is 0.0195. The Labute approximate surface area is 167 Å². The van der Waals surface area contributed by atoms with E-state index in [9.17, 15) is 9.59 Å². The lowest BCUT2D eigenvalue weighted by Gasteiger charge is -2.36. The third kappa shape index (κ3) is 3.91. The van der Waals surface area contributed by atoms with Crippen LogP contribution in [0.2, 0.25) is 0 Å². The normalized spacial score (nSPS) is 26.8. The van der Waals surface area contributed by atoms with Crippen molar-refractivity contribution in [2.75, 3.05) is 37.7 Å². The minimum Gasteiger partial charge on any atom is -0.350 e. The summed E-state index contributed by atoms with van der Waals surface area (Å²) in [4.78, 5) is 29.3. The first kappa shape index (κ1) is 18.9. The SMILES string of the molecule is Cc1cc(N2C[C@@H](C(=O)N3CCC[C@H](C4OCCO4)C3)CC2=O)ccc1Br. The number of carbonyl (C=O) groups excluding carboxylic acids is 2. The van der Waals surface area contributed by atoms with Gasteiger partial charge in [-0.15, -0.1) is 0 Å². The van der Waals surface area contributed by atoms with Crippen molar-refractivity contribution in [1.29, 1.82) is 0 Å². The van der Waals surface area contributed by atoms with E-state index in [1.807, 2.05) is 30.0 Å². The Morgan fingerprint density at radius 3 is 2.74 bits per heavy atom. The molecule has 1 aromatic carbocycles. The number of anilines is 1. The number of ether oxygens (including phenoxy) is 2. The maximum Gasteiger partial charge on any atom is 0.228 e. The second-order valence-electron chi connectivity index (χ2n) is 7.64. The molecular weight excluding hydrogens is 412 g/mol. The lowest BCUT2D eigenvalue weighted by molar-refractivity contribution is -0.143. The van der Waals surface area contributed by atoms with Gasteiger partial charge < -0.3 is 19.3 Å². The summed E-state index contributed by atoms with van der Waals surface area (Å²) in [6.07, 6.45) is 2.07. The summed E-state index contributed by atoms with van der Waals surface area (Å²) in [5, 5.41) is 0. The summed E-state index contributed by atoms with van der Waals surface area (Å²) < 4.78 is 12.3. The number of aryl methyl sites for hydroxylation is 1. The van der Waals surface area contributed by atoms with Crippen molar-refractivity contribution in [1.82, 2.24) is 4.90 Å². The van der Waals surface area contributed by atoms with Gasteiger partial charge in [-0.1, -0.05) is 15.9 Å². The molecule has 2 amide bonds. The molecule has 146 valence electrons. The van der Waals surface area contributed by atoms with Crippen LogP contribution in [-0.2, 0) is 19.1 Å². The quantitative estimate of drug-likeness (QED) is 0.730. The number of amides is 2. The maximum atomic E-state index is 13.1. The zero-order valence-electron chi connectivity index (χ0n) is 15.5. The van der Waals surface area contributed by atoms with E-state index in [0.29, 0.717) is 26.3 Å². The van der Waals surface area contributed by atoms with Gasteiger partial charge in [0.2, 0.25) is 11.8 Å². The predicted octanol–water partition coefficient (Wildman–Crippen LogP) is 2.72. The van der Waals surface area contributed by atoms with Gasteiger partial charge in [0.25, 0.3) is 0 Å². The number of benzene rings is 1. The van der Waals surface area contributed by atoms with Crippen molar-refractivity contribution in [2.45, 2.75) is 32.5 Å². The molecule has 2 atom stereocenters. The fraction of sp³-hybridized carbons (Fsp3) is 0.600. The number of hydrogen-bond acceptors (Lipinski definition) is 4. The first-order valence-electron chi connectivity index (χ1n) is 9.61. The zero-order chi connectivity index (χ0) is 19.0. The van der Waals surface area contributed by atoms with E-state index in [0.717, 1.165) is 35.1 Å². The second-order valence-corrected chi connectivity index (χ2v) is 8.49. The summed E-state index contributed by atoms with van der Waals surface area (Å²) in [7, 11) is 0. The van der Waals surface area contributed by atoms with Crippen molar-refractivity contribution in [3.8, 4) is 0 Å². The summed E-state index contributed by atoms with van der Waals surface area (Å²) in [5.74, 6) is 0.0617. The third-order valence-electron chi connectivity index (χ3n) is 5.73. The van der Waals surface area contributed by atoms with Crippen molar-refractivity contribution in [3.05, 3.63) is 28.2 Å². The zero-order valence-corrected chi connectivity index (χ0v) is 17.1.